The van der Waals surface area contributed by atoms with Crippen molar-refractivity contribution in [1.82, 2.24) is 0 Å². The molecule has 0 saturated carbocycles. The van der Waals surface area contributed by atoms with E-state index in [9.17, 15) is 14.9 Å². The molecule has 1 amide bonds. The van der Waals surface area contributed by atoms with Crippen LogP contribution < -0.4 is 24.3 Å². The fraction of sp³-hybridized carbons (Fsp3) is 0.211. The van der Waals surface area contributed by atoms with E-state index in [-0.39, 0.29) is 11.4 Å². The number of non-ortho nitro benzene ring substituents is 1. The Bertz CT molecular complexity index is 909. The van der Waals surface area contributed by atoms with Gasteiger partial charge in [-0.2, -0.15) is 0 Å². The number of carbonyl (C=O) groups is 1. The van der Waals surface area contributed by atoms with Crippen molar-refractivity contribution in [2.75, 3.05) is 33.8 Å². The van der Waals surface area contributed by atoms with E-state index in [1.165, 1.54) is 58.8 Å². The number of anilines is 1. The molecule has 1 N–H and O–H groups in total. The maximum atomic E-state index is 12.3. The van der Waals surface area contributed by atoms with Gasteiger partial charge in [0, 0.05) is 23.8 Å². The van der Waals surface area contributed by atoms with Gasteiger partial charge < -0.3 is 24.3 Å². The zero-order chi connectivity index (χ0) is 20.7. The van der Waals surface area contributed by atoms with Gasteiger partial charge in [0.25, 0.3) is 5.69 Å². The molecule has 9 nitrogen and oxygen atoms in total. The van der Waals surface area contributed by atoms with Gasteiger partial charge in [0.1, 0.15) is 5.75 Å². The highest BCUT2D eigenvalue weighted by atomic mass is 16.6. The lowest BCUT2D eigenvalue weighted by Crippen LogP contribution is -2.09. The fourth-order valence-electron chi connectivity index (χ4n) is 2.50. The molecule has 0 radical (unpaired) electrons. The van der Waals surface area contributed by atoms with Crippen molar-refractivity contribution < 1.29 is 28.7 Å². The first-order valence-electron chi connectivity index (χ1n) is 8.05. The van der Waals surface area contributed by atoms with Gasteiger partial charge in [-0.15, -0.1) is 0 Å². The minimum absolute atomic E-state index is 0.165. The minimum atomic E-state index is -0.556. The molecule has 0 atom stereocenters. The summed E-state index contributed by atoms with van der Waals surface area (Å²) in [5.74, 6) is 1.08. The molecule has 9 heteroatoms. The Kier molecular flexibility index (Phi) is 6.80. The number of methoxy groups -OCH3 is 4. The number of nitrogens with one attached hydrogen (secondary N) is 1. The SMILES string of the molecule is COc1ccc([N+](=O)[O-])cc1NC(=O)/C=C/c1ccc(OC)c(OC)c1OC. The number of hydrogen-bond donors (Lipinski definition) is 1. The van der Waals surface area contributed by atoms with Crippen LogP contribution in [0.2, 0.25) is 0 Å². The largest absolute Gasteiger partial charge is 0.495 e. The normalized spacial score (nSPS) is 10.4. The number of nitrogens with zero attached hydrogens (tertiary/aromatic N) is 1. The van der Waals surface area contributed by atoms with Crippen LogP contribution in [-0.4, -0.2) is 39.3 Å². The lowest BCUT2D eigenvalue weighted by atomic mass is 10.1. The molecule has 0 aliphatic heterocycles. The quantitative estimate of drug-likeness (QED) is 0.420. The number of carbonyl (C=O) groups excluding carboxylic acids is 1. The predicted octanol–water partition coefficient (Wildman–Crippen LogP) is 3.28. The second kappa shape index (κ2) is 9.26. The Hall–Kier alpha value is -3.75. The van der Waals surface area contributed by atoms with E-state index >= 15 is 0 Å². The van der Waals surface area contributed by atoms with Gasteiger partial charge in [-0.3, -0.25) is 14.9 Å². The summed E-state index contributed by atoms with van der Waals surface area (Å²) in [5, 5.41) is 13.5. The summed E-state index contributed by atoms with van der Waals surface area (Å²) in [4.78, 5) is 22.7. The lowest BCUT2D eigenvalue weighted by Gasteiger charge is -2.14. The van der Waals surface area contributed by atoms with Crippen LogP contribution in [0.4, 0.5) is 11.4 Å². The van der Waals surface area contributed by atoms with Gasteiger partial charge in [0.2, 0.25) is 11.7 Å². The first-order valence-corrected chi connectivity index (χ1v) is 8.05. The average molecular weight is 388 g/mol. The van der Waals surface area contributed by atoms with Crippen molar-refractivity contribution in [2.24, 2.45) is 0 Å². The van der Waals surface area contributed by atoms with Crippen molar-refractivity contribution in [3.63, 3.8) is 0 Å². The summed E-state index contributed by atoms with van der Waals surface area (Å²) in [5.41, 5.74) is 0.605. The molecule has 28 heavy (non-hydrogen) atoms. The molecule has 0 fully saturated rings. The third kappa shape index (κ3) is 4.50. The number of amides is 1. The topological polar surface area (TPSA) is 109 Å². The molecular weight excluding hydrogens is 368 g/mol. The molecule has 2 aromatic rings. The van der Waals surface area contributed by atoms with Gasteiger partial charge in [-0.05, 0) is 24.3 Å². The molecule has 0 aromatic heterocycles. The van der Waals surface area contributed by atoms with E-state index in [0.29, 0.717) is 28.6 Å². The van der Waals surface area contributed by atoms with Crippen LogP contribution >= 0.6 is 0 Å². The Balaban J connectivity index is 2.28. The summed E-state index contributed by atoms with van der Waals surface area (Å²) < 4.78 is 21.0. The summed E-state index contributed by atoms with van der Waals surface area (Å²) in [6.45, 7) is 0. The Morgan fingerprint density at radius 2 is 1.61 bits per heavy atom. The van der Waals surface area contributed by atoms with Crippen molar-refractivity contribution in [3.05, 3.63) is 52.1 Å². The number of hydrogen-bond acceptors (Lipinski definition) is 7. The van der Waals surface area contributed by atoms with E-state index in [2.05, 4.69) is 5.32 Å². The van der Waals surface area contributed by atoms with Crippen LogP contribution in [0, 0.1) is 10.1 Å². The van der Waals surface area contributed by atoms with E-state index in [1.807, 2.05) is 0 Å². The average Bonchev–Trinajstić information content (AvgIpc) is 2.71. The summed E-state index contributed by atoms with van der Waals surface area (Å²) in [6.07, 6.45) is 2.79. The molecule has 0 heterocycles. The molecule has 2 rings (SSSR count). The van der Waals surface area contributed by atoms with E-state index in [4.69, 9.17) is 18.9 Å². The van der Waals surface area contributed by atoms with Crippen LogP contribution in [-0.2, 0) is 4.79 Å². The third-order valence-electron chi connectivity index (χ3n) is 3.80. The highest BCUT2D eigenvalue weighted by molar-refractivity contribution is 6.03. The van der Waals surface area contributed by atoms with Crippen molar-refractivity contribution >= 4 is 23.4 Å². The first kappa shape index (κ1) is 20.6. The maximum Gasteiger partial charge on any atom is 0.271 e. The molecule has 148 valence electrons. The van der Waals surface area contributed by atoms with Crippen molar-refractivity contribution in [2.45, 2.75) is 0 Å². The van der Waals surface area contributed by atoms with E-state index in [0.717, 1.165) is 0 Å². The number of nitro groups is 1. The molecule has 0 spiro atoms. The van der Waals surface area contributed by atoms with Gasteiger partial charge in [0.15, 0.2) is 11.5 Å². The molecular formula is C19H20N2O7. The molecule has 0 bridgehead atoms. The number of rotatable bonds is 8. The highest BCUT2D eigenvalue weighted by Gasteiger charge is 2.15. The zero-order valence-corrected chi connectivity index (χ0v) is 15.8. The molecule has 0 unspecified atom stereocenters. The molecule has 0 aliphatic carbocycles. The maximum absolute atomic E-state index is 12.3. The first-order chi connectivity index (χ1) is 13.4. The highest BCUT2D eigenvalue weighted by Crippen LogP contribution is 2.40. The Morgan fingerprint density at radius 3 is 2.18 bits per heavy atom. The zero-order valence-electron chi connectivity index (χ0n) is 15.8. The standard InChI is InChI=1S/C19H20N2O7/c1-25-15-9-7-13(21(23)24)11-14(15)20-17(22)10-6-12-5-8-16(26-2)19(28-4)18(12)27-3/h5-11H,1-4H3,(H,20,22)/b10-6+. The number of nitro benzene ring substituents is 1. The Morgan fingerprint density at radius 1 is 0.964 bits per heavy atom. The van der Waals surface area contributed by atoms with E-state index in [1.54, 1.807) is 12.1 Å². The second-order valence-electron chi connectivity index (χ2n) is 5.39. The van der Waals surface area contributed by atoms with Crippen LogP contribution in [0.15, 0.2) is 36.4 Å². The van der Waals surface area contributed by atoms with Crippen LogP contribution in [0.5, 0.6) is 23.0 Å². The third-order valence-corrected chi connectivity index (χ3v) is 3.80. The van der Waals surface area contributed by atoms with Crippen molar-refractivity contribution in [1.29, 1.82) is 0 Å². The molecule has 0 saturated heterocycles. The van der Waals surface area contributed by atoms with Crippen LogP contribution in [0.25, 0.3) is 6.08 Å². The fourth-order valence-corrected chi connectivity index (χ4v) is 2.50. The predicted molar refractivity (Wildman–Crippen MR) is 103 cm³/mol. The molecule has 0 aliphatic rings. The summed E-state index contributed by atoms with van der Waals surface area (Å²) in [7, 11) is 5.87. The van der Waals surface area contributed by atoms with Gasteiger partial charge in [-0.1, -0.05) is 0 Å². The lowest BCUT2D eigenvalue weighted by molar-refractivity contribution is -0.384. The minimum Gasteiger partial charge on any atom is -0.495 e. The monoisotopic (exact) mass is 388 g/mol. The molecule has 2 aromatic carbocycles. The van der Waals surface area contributed by atoms with Gasteiger partial charge in [-0.25, -0.2) is 0 Å². The number of ether oxygens (including phenoxy) is 4. The second-order valence-corrected chi connectivity index (χ2v) is 5.39. The summed E-state index contributed by atoms with van der Waals surface area (Å²) in [6, 6.07) is 7.32. The number of benzene rings is 2. The summed E-state index contributed by atoms with van der Waals surface area (Å²) >= 11 is 0. The van der Waals surface area contributed by atoms with E-state index < -0.39 is 10.8 Å². The van der Waals surface area contributed by atoms with Gasteiger partial charge >= 0.3 is 0 Å². The van der Waals surface area contributed by atoms with Crippen molar-refractivity contribution in [3.8, 4) is 23.0 Å². The Labute approximate surface area is 161 Å². The van der Waals surface area contributed by atoms with Crippen LogP contribution in [0.1, 0.15) is 5.56 Å². The van der Waals surface area contributed by atoms with Crippen LogP contribution in [0.3, 0.4) is 0 Å². The smallest absolute Gasteiger partial charge is 0.271 e. The van der Waals surface area contributed by atoms with Gasteiger partial charge in [0.05, 0.1) is 39.0 Å².